The van der Waals surface area contributed by atoms with E-state index in [4.69, 9.17) is 27.2 Å². The van der Waals surface area contributed by atoms with Crippen molar-refractivity contribution >= 4 is 11.6 Å². The molecule has 3 nitrogen and oxygen atoms in total. The van der Waals surface area contributed by atoms with Crippen LogP contribution in [0.3, 0.4) is 0 Å². The maximum Gasteiger partial charge on any atom is 0.138 e. The molecule has 0 heterocycles. The number of ether oxygens (including phenoxy) is 1. The first kappa shape index (κ1) is 13.9. The Hall–Kier alpha value is -1.55. The molecule has 0 amide bonds. The summed E-state index contributed by atoms with van der Waals surface area (Å²) in [5.41, 5.74) is 7.60. The zero-order chi connectivity index (χ0) is 13.7. The zero-order valence-electron chi connectivity index (χ0n) is 10.4. The largest absolute Gasteiger partial charge is 0.487 e. The average molecular weight is 278 g/mol. The number of aliphatic hydroxyl groups is 1. The second-order valence-electron chi connectivity index (χ2n) is 4.25. The third kappa shape index (κ3) is 3.70. The molecule has 0 fully saturated rings. The van der Waals surface area contributed by atoms with Gasteiger partial charge in [0.25, 0.3) is 0 Å². The smallest absolute Gasteiger partial charge is 0.138 e. The molecule has 1 atom stereocenters. The first-order chi connectivity index (χ1) is 9.20. The maximum atomic E-state index is 9.00. The first-order valence-electron chi connectivity index (χ1n) is 6.03. The maximum absolute atomic E-state index is 9.00. The molecule has 4 heteroatoms. The van der Waals surface area contributed by atoms with E-state index in [9.17, 15) is 0 Å². The Bertz CT molecular complexity index is 531. The van der Waals surface area contributed by atoms with Crippen LogP contribution in [0.5, 0.6) is 5.75 Å². The molecule has 0 aromatic heterocycles. The fourth-order valence-electron chi connectivity index (χ4n) is 1.71. The van der Waals surface area contributed by atoms with Crippen molar-refractivity contribution in [2.45, 2.75) is 12.6 Å². The van der Waals surface area contributed by atoms with Gasteiger partial charge in [-0.2, -0.15) is 0 Å². The van der Waals surface area contributed by atoms with Crippen LogP contribution in [0.15, 0.2) is 48.5 Å². The number of aliphatic hydroxyl groups excluding tert-OH is 1. The summed E-state index contributed by atoms with van der Waals surface area (Å²) in [6.07, 6.45) is 0. The molecule has 2 rings (SSSR count). The van der Waals surface area contributed by atoms with Crippen molar-refractivity contribution < 1.29 is 9.84 Å². The lowest BCUT2D eigenvalue weighted by atomic mass is 10.1. The fourth-order valence-corrected chi connectivity index (χ4v) is 1.95. The third-order valence-corrected chi connectivity index (χ3v) is 3.11. The van der Waals surface area contributed by atoms with Crippen LogP contribution < -0.4 is 10.5 Å². The van der Waals surface area contributed by atoms with Crippen molar-refractivity contribution in [2.75, 3.05) is 6.61 Å². The minimum atomic E-state index is -0.416. The molecule has 2 aromatic rings. The number of nitrogens with two attached hydrogens (primary N) is 1. The molecule has 3 N–H and O–H groups in total. The van der Waals surface area contributed by atoms with Gasteiger partial charge in [0.05, 0.1) is 17.7 Å². The molecule has 0 radical (unpaired) electrons. The lowest BCUT2D eigenvalue weighted by Gasteiger charge is -2.12. The van der Waals surface area contributed by atoms with Crippen LogP contribution in [0.4, 0.5) is 0 Å². The third-order valence-electron chi connectivity index (χ3n) is 2.82. The molecule has 2 aromatic carbocycles. The fraction of sp³-hybridized carbons (Fsp3) is 0.200. The van der Waals surface area contributed by atoms with Crippen LogP contribution in [0.2, 0.25) is 5.02 Å². The molecule has 19 heavy (non-hydrogen) atoms. The van der Waals surface area contributed by atoms with Gasteiger partial charge in [0.15, 0.2) is 0 Å². The van der Waals surface area contributed by atoms with Crippen LogP contribution in [0.25, 0.3) is 0 Å². The SMILES string of the molecule is NC(CO)c1ccc(OCc2ccccc2)c(Cl)c1. The summed E-state index contributed by atoms with van der Waals surface area (Å²) in [6.45, 7) is 0.354. The Morgan fingerprint density at radius 1 is 1.16 bits per heavy atom. The van der Waals surface area contributed by atoms with Crippen molar-refractivity contribution in [3.05, 3.63) is 64.7 Å². The number of hydrogen-bond donors (Lipinski definition) is 2. The summed E-state index contributed by atoms with van der Waals surface area (Å²) >= 11 is 6.13. The van der Waals surface area contributed by atoms with Crippen LogP contribution in [0.1, 0.15) is 17.2 Å². The highest BCUT2D eigenvalue weighted by molar-refractivity contribution is 6.32. The van der Waals surface area contributed by atoms with E-state index in [1.807, 2.05) is 36.4 Å². The Morgan fingerprint density at radius 3 is 2.53 bits per heavy atom. The van der Waals surface area contributed by atoms with Gasteiger partial charge in [-0.25, -0.2) is 0 Å². The second kappa shape index (κ2) is 6.57. The van der Waals surface area contributed by atoms with E-state index >= 15 is 0 Å². The van der Waals surface area contributed by atoms with E-state index in [1.54, 1.807) is 12.1 Å². The molecule has 0 aliphatic heterocycles. The summed E-state index contributed by atoms with van der Waals surface area (Å²) in [4.78, 5) is 0. The van der Waals surface area contributed by atoms with E-state index in [2.05, 4.69) is 0 Å². The van der Waals surface area contributed by atoms with Crippen molar-refractivity contribution in [1.29, 1.82) is 0 Å². The Morgan fingerprint density at radius 2 is 1.89 bits per heavy atom. The monoisotopic (exact) mass is 277 g/mol. The van der Waals surface area contributed by atoms with Gasteiger partial charge in [0.1, 0.15) is 12.4 Å². The van der Waals surface area contributed by atoms with Crippen molar-refractivity contribution in [1.82, 2.24) is 0 Å². The number of rotatable bonds is 5. The minimum Gasteiger partial charge on any atom is -0.487 e. The lowest BCUT2D eigenvalue weighted by molar-refractivity contribution is 0.267. The molecule has 0 spiro atoms. The van der Waals surface area contributed by atoms with E-state index in [1.165, 1.54) is 0 Å². The summed E-state index contributed by atoms with van der Waals surface area (Å²) < 4.78 is 5.66. The van der Waals surface area contributed by atoms with Crippen LogP contribution in [-0.2, 0) is 6.61 Å². The zero-order valence-corrected chi connectivity index (χ0v) is 11.2. The van der Waals surface area contributed by atoms with Crippen molar-refractivity contribution in [3.63, 3.8) is 0 Å². The van der Waals surface area contributed by atoms with Gasteiger partial charge in [-0.05, 0) is 23.3 Å². The highest BCUT2D eigenvalue weighted by atomic mass is 35.5. The first-order valence-corrected chi connectivity index (χ1v) is 6.41. The summed E-state index contributed by atoms with van der Waals surface area (Å²) in [7, 11) is 0. The van der Waals surface area contributed by atoms with Crippen molar-refractivity contribution in [3.8, 4) is 5.75 Å². The molecular weight excluding hydrogens is 262 g/mol. The average Bonchev–Trinajstić information content (AvgIpc) is 2.46. The molecule has 100 valence electrons. The highest BCUT2D eigenvalue weighted by Gasteiger charge is 2.08. The van der Waals surface area contributed by atoms with Gasteiger partial charge >= 0.3 is 0 Å². The van der Waals surface area contributed by atoms with E-state index < -0.39 is 6.04 Å². The number of hydrogen-bond acceptors (Lipinski definition) is 3. The molecule has 0 bridgehead atoms. The summed E-state index contributed by atoms with van der Waals surface area (Å²) in [5.74, 6) is 0.611. The Balaban J connectivity index is 2.05. The van der Waals surface area contributed by atoms with Gasteiger partial charge in [0, 0.05) is 0 Å². The predicted molar refractivity (Wildman–Crippen MR) is 76.2 cm³/mol. The van der Waals surface area contributed by atoms with Crippen LogP contribution >= 0.6 is 11.6 Å². The van der Waals surface area contributed by atoms with Crippen molar-refractivity contribution in [2.24, 2.45) is 5.73 Å². The highest BCUT2D eigenvalue weighted by Crippen LogP contribution is 2.28. The van der Waals surface area contributed by atoms with Gasteiger partial charge in [0.2, 0.25) is 0 Å². The molecule has 1 unspecified atom stereocenters. The number of benzene rings is 2. The van der Waals surface area contributed by atoms with Crippen LogP contribution in [-0.4, -0.2) is 11.7 Å². The van der Waals surface area contributed by atoms with Gasteiger partial charge < -0.3 is 15.6 Å². The van der Waals surface area contributed by atoms with Gasteiger partial charge in [-0.3, -0.25) is 0 Å². The van der Waals surface area contributed by atoms with E-state index in [-0.39, 0.29) is 6.61 Å². The predicted octanol–water partition coefficient (Wildman–Crippen LogP) is 2.91. The second-order valence-corrected chi connectivity index (χ2v) is 4.66. The van der Waals surface area contributed by atoms with Gasteiger partial charge in [-0.15, -0.1) is 0 Å². The molecule has 0 saturated carbocycles. The molecule has 0 saturated heterocycles. The topological polar surface area (TPSA) is 55.5 Å². The minimum absolute atomic E-state index is 0.111. The Labute approximate surface area is 117 Å². The quantitative estimate of drug-likeness (QED) is 0.883. The molecule has 0 aliphatic rings. The van der Waals surface area contributed by atoms with Gasteiger partial charge in [-0.1, -0.05) is 48.0 Å². The lowest BCUT2D eigenvalue weighted by Crippen LogP contribution is -2.14. The summed E-state index contributed by atoms with van der Waals surface area (Å²) in [6, 6.07) is 14.8. The van der Waals surface area contributed by atoms with E-state index in [0.717, 1.165) is 11.1 Å². The molecular formula is C15H16ClNO2. The standard InChI is InChI=1S/C15H16ClNO2/c16-13-8-12(14(17)9-18)6-7-15(13)19-10-11-4-2-1-3-5-11/h1-8,14,18H,9-10,17H2. The molecule has 0 aliphatic carbocycles. The number of halogens is 1. The van der Waals surface area contributed by atoms with E-state index in [0.29, 0.717) is 17.4 Å². The summed E-state index contributed by atoms with van der Waals surface area (Å²) in [5, 5.41) is 9.50. The normalized spacial score (nSPS) is 12.2. The Kier molecular flexibility index (Phi) is 4.80. The van der Waals surface area contributed by atoms with Crippen LogP contribution in [0, 0.1) is 0 Å².